The lowest BCUT2D eigenvalue weighted by molar-refractivity contribution is 0.377. The quantitative estimate of drug-likeness (QED) is 0.681. The molecule has 0 aromatic heterocycles. The first-order valence-corrected chi connectivity index (χ1v) is 8.78. The fourth-order valence-electron chi connectivity index (χ4n) is 3.36. The second-order valence-corrected chi connectivity index (χ2v) is 7.98. The fraction of sp³-hybridized carbons (Fsp3) is 0.333. The van der Waals surface area contributed by atoms with Crippen molar-refractivity contribution in [2.45, 2.75) is 11.8 Å². The van der Waals surface area contributed by atoms with Crippen molar-refractivity contribution in [2.24, 2.45) is 5.92 Å². The Hall–Kier alpha value is -0.640. The summed E-state index contributed by atoms with van der Waals surface area (Å²) in [5.41, 5.74) is 3.05. The van der Waals surface area contributed by atoms with Crippen molar-refractivity contribution in [3.63, 3.8) is 0 Å². The maximum atomic E-state index is 3.54. The smallest absolute Gasteiger partial charge is 0.0247 e. The summed E-state index contributed by atoms with van der Waals surface area (Å²) in [5.74, 6) is 0.690. The van der Waals surface area contributed by atoms with Gasteiger partial charge in [0, 0.05) is 20.9 Å². The first-order valence-electron chi connectivity index (χ1n) is 7.19. The summed E-state index contributed by atoms with van der Waals surface area (Å²) in [6.45, 7) is 1.13. The van der Waals surface area contributed by atoms with E-state index >= 15 is 0 Å². The Kier molecular flexibility index (Phi) is 4.26. The van der Waals surface area contributed by atoms with Gasteiger partial charge in [-0.15, -0.1) is 0 Å². The van der Waals surface area contributed by atoms with Gasteiger partial charge in [0.25, 0.3) is 0 Å². The molecule has 2 aromatic carbocycles. The summed E-state index contributed by atoms with van der Waals surface area (Å²) in [7, 11) is 4.32. The average Bonchev–Trinajstić information content (AvgIpc) is 3.14. The van der Waals surface area contributed by atoms with E-state index in [2.05, 4.69) is 99.4 Å². The zero-order valence-corrected chi connectivity index (χ0v) is 15.5. The highest BCUT2D eigenvalue weighted by Gasteiger charge is 2.56. The van der Waals surface area contributed by atoms with Crippen LogP contribution >= 0.6 is 31.9 Å². The molecule has 2 aromatic rings. The van der Waals surface area contributed by atoms with Gasteiger partial charge < -0.3 is 4.90 Å². The number of hydrogen-bond donors (Lipinski definition) is 0. The maximum absolute atomic E-state index is 3.54. The van der Waals surface area contributed by atoms with Crippen LogP contribution in [0.2, 0.25) is 0 Å². The highest BCUT2D eigenvalue weighted by molar-refractivity contribution is 9.10. The molecule has 0 saturated heterocycles. The van der Waals surface area contributed by atoms with Gasteiger partial charge in [-0.1, -0.05) is 56.1 Å². The lowest BCUT2D eigenvalue weighted by Crippen LogP contribution is -2.21. The van der Waals surface area contributed by atoms with Crippen molar-refractivity contribution in [1.29, 1.82) is 0 Å². The third-order valence-corrected chi connectivity index (χ3v) is 5.47. The van der Waals surface area contributed by atoms with E-state index in [0.29, 0.717) is 5.92 Å². The molecule has 21 heavy (non-hydrogen) atoms. The summed E-state index contributed by atoms with van der Waals surface area (Å²) in [4.78, 5) is 2.30. The van der Waals surface area contributed by atoms with Crippen LogP contribution < -0.4 is 0 Å². The molecule has 1 atom stereocenters. The SMILES string of the molecule is CN(C)CC1CC1(c1ccc(Br)cc1)c1ccc(Br)cc1. The van der Waals surface area contributed by atoms with Crippen LogP contribution in [0.3, 0.4) is 0 Å². The second kappa shape index (κ2) is 5.86. The standard InChI is InChI=1S/C18H19Br2N/c1-21(2)12-15-11-18(15,13-3-7-16(19)8-4-13)14-5-9-17(20)10-6-14/h3-10,15H,11-12H2,1-2H3. The molecule has 3 heteroatoms. The summed E-state index contributed by atoms with van der Waals surface area (Å²) in [5, 5.41) is 0. The third-order valence-electron chi connectivity index (χ3n) is 4.41. The second-order valence-electron chi connectivity index (χ2n) is 6.15. The van der Waals surface area contributed by atoms with Crippen LogP contribution in [-0.2, 0) is 5.41 Å². The van der Waals surface area contributed by atoms with Crippen molar-refractivity contribution < 1.29 is 0 Å². The lowest BCUT2D eigenvalue weighted by Gasteiger charge is -2.21. The minimum atomic E-state index is 0.186. The number of nitrogens with zero attached hydrogens (tertiary/aromatic N) is 1. The van der Waals surface area contributed by atoms with Crippen LogP contribution in [0.4, 0.5) is 0 Å². The van der Waals surface area contributed by atoms with Crippen molar-refractivity contribution in [2.75, 3.05) is 20.6 Å². The predicted molar refractivity (Wildman–Crippen MR) is 95.7 cm³/mol. The van der Waals surface area contributed by atoms with Crippen LogP contribution in [0.5, 0.6) is 0 Å². The first-order chi connectivity index (χ1) is 10.0. The zero-order valence-electron chi connectivity index (χ0n) is 12.3. The van der Waals surface area contributed by atoms with E-state index in [9.17, 15) is 0 Å². The molecular formula is C18H19Br2N. The third kappa shape index (κ3) is 2.96. The summed E-state index contributed by atoms with van der Waals surface area (Å²) < 4.78 is 2.28. The average molecular weight is 409 g/mol. The predicted octanol–water partition coefficient (Wildman–Crippen LogP) is 5.08. The molecule has 0 spiro atoms. The molecule has 1 unspecified atom stereocenters. The largest absolute Gasteiger partial charge is 0.309 e. The van der Waals surface area contributed by atoms with Crippen LogP contribution in [0, 0.1) is 5.92 Å². The molecule has 1 nitrogen and oxygen atoms in total. The van der Waals surface area contributed by atoms with Gasteiger partial charge in [0.05, 0.1) is 0 Å². The molecule has 110 valence electrons. The molecule has 0 bridgehead atoms. The molecule has 3 rings (SSSR count). The van der Waals surface area contributed by atoms with Crippen molar-refractivity contribution in [3.05, 3.63) is 68.6 Å². The van der Waals surface area contributed by atoms with Gasteiger partial charge in [-0.25, -0.2) is 0 Å². The molecule has 1 aliphatic carbocycles. The van der Waals surface area contributed by atoms with Gasteiger partial charge in [-0.3, -0.25) is 0 Å². The van der Waals surface area contributed by atoms with E-state index in [1.54, 1.807) is 0 Å². The maximum Gasteiger partial charge on any atom is 0.0247 e. The Morgan fingerprint density at radius 3 is 1.71 bits per heavy atom. The molecule has 1 fully saturated rings. The highest BCUT2D eigenvalue weighted by atomic mass is 79.9. The minimum absolute atomic E-state index is 0.186. The summed E-state index contributed by atoms with van der Waals surface area (Å²) in [6.07, 6.45) is 1.23. The molecule has 0 heterocycles. The fourth-order valence-corrected chi connectivity index (χ4v) is 3.89. The Morgan fingerprint density at radius 1 is 0.905 bits per heavy atom. The Labute approximate surface area is 143 Å². The summed E-state index contributed by atoms with van der Waals surface area (Å²) >= 11 is 7.08. The van der Waals surface area contributed by atoms with Crippen LogP contribution in [0.25, 0.3) is 0 Å². The van der Waals surface area contributed by atoms with Gasteiger partial charge in [-0.2, -0.15) is 0 Å². The monoisotopic (exact) mass is 407 g/mol. The topological polar surface area (TPSA) is 3.24 Å². The van der Waals surface area contributed by atoms with E-state index < -0.39 is 0 Å². The van der Waals surface area contributed by atoms with Crippen molar-refractivity contribution in [1.82, 2.24) is 4.90 Å². The van der Waals surface area contributed by atoms with Gasteiger partial charge in [-0.05, 0) is 61.8 Å². The van der Waals surface area contributed by atoms with Gasteiger partial charge in [0.1, 0.15) is 0 Å². The van der Waals surface area contributed by atoms with E-state index in [1.165, 1.54) is 17.5 Å². The number of benzene rings is 2. The van der Waals surface area contributed by atoms with E-state index in [-0.39, 0.29) is 5.41 Å². The number of halogens is 2. The van der Waals surface area contributed by atoms with Crippen LogP contribution in [0.15, 0.2) is 57.5 Å². The van der Waals surface area contributed by atoms with E-state index in [4.69, 9.17) is 0 Å². The molecule has 1 aliphatic rings. The number of rotatable bonds is 4. The van der Waals surface area contributed by atoms with E-state index in [0.717, 1.165) is 15.5 Å². The number of hydrogen-bond acceptors (Lipinski definition) is 1. The molecule has 0 aliphatic heterocycles. The molecule has 1 saturated carbocycles. The molecule has 0 N–H and O–H groups in total. The van der Waals surface area contributed by atoms with Crippen LogP contribution in [-0.4, -0.2) is 25.5 Å². The molecular weight excluding hydrogens is 390 g/mol. The van der Waals surface area contributed by atoms with Gasteiger partial charge in [0.2, 0.25) is 0 Å². The Bertz CT molecular complexity index is 571. The van der Waals surface area contributed by atoms with Gasteiger partial charge in [0.15, 0.2) is 0 Å². The lowest BCUT2D eigenvalue weighted by atomic mass is 9.85. The minimum Gasteiger partial charge on any atom is -0.309 e. The molecule has 0 amide bonds. The summed E-state index contributed by atoms with van der Waals surface area (Å²) in [6, 6.07) is 17.7. The Balaban J connectivity index is 2.01. The van der Waals surface area contributed by atoms with Crippen molar-refractivity contribution in [3.8, 4) is 0 Å². The normalized spacial score (nSPS) is 19.8. The first kappa shape index (κ1) is 15.3. The van der Waals surface area contributed by atoms with E-state index in [1.807, 2.05) is 0 Å². The highest BCUT2D eigenvalue weighted by Crippen LogP contribution is 2.59. The Morgan fingerprint density at radius 2 is 1.33 bits per heavy atom. The molecule has 0 radical (unpaired) electrons. The van der Waals surface area contributed by atoms with Crippen molar-refractivity contribution >= 4 is 31.9 Å². The van der Waals surface area contributed by atoms with Gasteiger partial charge >= 0.3 is 0 Å². The zero-order chi connectivity index (χ0) is 15.0. The van der Waals surface area contributed by atoms with Crippen LogP contribution in [0.1, 0.15) is 17.5 Å².